The van der Waals surface area contributed by atoms with Gasteiger partial charge >= 0.3 is 0 Å². The molecule has 0 amide bonds. The SMILES string of the molecule is C=CCc1ccc(O)c(-c2ccc(O)c(CC=C)c2)c1.CC.CC.Cc1ccc(O)c(-c2ccc(O)c(C)c2)c1. The molecule has 0 fully saturated rings. The van der Waals surface area contributed by atoms with Crippen LogP contribution in [0, 0.1) is 13.8 Å². The third-order valence-corrected chi connectivity index (χ3v) is 5.86. The van der Waals surface area contributed by atoms with E-state index in [0.29, 0.717) is 6.42 Å². The number of aromatic hydroxyl groups is 4. The van der Waals surface area contributed by atoms with Gasteiger partial charge in [-0.1, -0.05) is 69.7 Å². The number of phenols is 4. The molecule has 0 aliphatic rings. The number of phenolic OH excluding ortho intramolecular Hbond substituents is 4. The van der Waals surface area contributed by atoms with Gasteiger partial charge in [-0.15, -0.1) is 13.2 Å². The highest BCUT2D eigenvalue weighted by molar-refractivity contribution is 5.73. The Labute approximate surface area is 240 Å². The van der Waals surface area contributed by atoms with Crippen LogP contribution in [0.4, 0.5) is 0 Å². The number of allylic oxidation sites excluding steroid dienone is 2. The van der Waals surface area contributed by atoms with Crippen LogP contribution in [0.5, 0.6) is 23.0 Å². The molecule has 4 aromatic rings. The molecule has 4 heteroatoms. The zero-order chi connectivity index (χ0) is 30.2. The second-order valence-corrected chi connectivity index (χ2v) is 8.70. The first kappa shape index (κ1) is 33.6. The van der Waals surface area contributed by atoms with E-state index in [1.54, 1.807) is 42.5 Å². The molecule has 0 radical (unpaired) electrons. The molecule has 0 saturated carbocycles. The molecule has 0 aromatic heterocycles. The lowest BCUT2D eigenvalue weighted by atomic mass is 9.97. The van der Waals surface area contributed by atoms with Crippen molar-refractivity contribution in [3.8, 4) is 45.3 Å². The predicted molar refractivity (Wildman–Crippen MR) is 170 cm³/mol. The fraction of sp³-hybridized carbons (Fsp3) is 0.222. The summed E-state index contributed by atoms with van der Waals surface area (Å²) < 4.78 is 0. The molecular formula is C36H44O4. The van der Waals surface area contributed by atoms with Crippen LogP contribution in [0.15, 0.2) is 98.1 Å². The molecule has 40 heavy (non-hydrogen) atoms. The van der Waals surface area contributed by atoms with E-state index >= 15 is 0 Å². The van der Waals surface area contributed by atoms with Gasteiger partial charge < -0.3 is 20.4 Å². The molecule has 0 heterocycles. The third kappa shape index (κ3) is 9.39. The Kier molecular flexibility index (Phi) is 14.4. The van der Waals surface area contributed by atoms with Gasteiger partial charge in [0.15, 0.2) is 0 Å². The Morgan fingerprint density at radius 1 is 0.550 bits per heavy atom. The number of benzene rings is 4. The monoisotopic (exact) mass is 540 g/mol. The van der Waals surface area contributed by atoms with Crippen LogP contribution >= 0.6 is 0 Å². The first-order chi connectivity index (χ1) is 19.2. The van der Waals surface area contributed by atoms with Crippen LogP contribution < -0.4 is 0 Å². The maximum atomic E-state index is 10.0. The quantitative estimate of drug-likeness (QED) is 0.184. The summed E-state index contributed by atoms with van der Waals surface area (Å²) in [6.07, 6.45) is 4.92. The first-order valence-electron chi connectivity index (χ1n) is 13.7. The first-order valence-corrected chi connectivity index (χ1v) is 13.7. The average molecular weight is 541 g/mol. The largest absolute Gasteiger partial charge is 0.508 e. The van der Waals surface area contributed by atoms with E-state index in [2.05, 4.69) is 13.2 Å². The van der Waals surface area contributed by atoms with Gasteiger partial charge in [-0.2, -0.15) is 0 Å². The van der Waals surface area contributed by atoms with E-state index in [1.807, 2.05) is 84.0 Å². The number of rotatable bonds is 6. The van der Waals surface area contributed by atoms with Crippen molar-refractivity contribution in [2.75, 3.05) is 0 Å². The summed E-state index contributed by atoms with van der Waals surface area (Å²) in [5, 5.41) is 39.1. The number of hydrogen-bond donors (Lipinski definition) is 4. The molecule has 0 spiro atoms. The number of aryl methyl sites for hydroxylation is 2. The summed E-state index contributed by atoms with van der Waals surface area (Å²) in [4.78, 5) is 0. The van der Waals surface area contributed by atoms with Gasteiger partial charge in [-0.3, -0.25) is 0 Å². The second kappa shape index (κ2) is 17.2. The summed E-state index contributed by atoms with van der Waals surface area (Å²) in [5.41, 5.74) is 7.13. The third-order valence-electron chi connectivity index (χ3n) is 5.86. The van der Waals surface area contributed by atoms with E-state index in [9.17, 15) is 20.4 Å². The molecule has 0 aliphatic carbocycles. The zero-order valence-corrected chi connectivity index (χ0v) is 24.7. The lowest BCUT2D eigenvalue weighted by Crippen LogP contribution is -1.88. The van der Waals surface area contributed by atoms with Gasteiger partial charge in [-0.25, -0.2) is 0 Å². The summed E-state index contributed by atoms with van der Waals surface area (Å²) in [6.45, 7) is 19.2. The van der Waals surface area contributed by atoms with Crippen molar-refractivity contribution in [1.29, 1.82) is 0 Å². The van der Waals surface area contributed by atoms with Crippen molar-refractivity contribution in [3.05, 3.63) is 120 Å². The van der Waals surface area contributed by atoms with Crippen molar-refractivity contribution in [1.82, 2.24) is 0 Å². The summed E-state index contributed by atoms with van der Waals surface area (Å²) in [5.74, 6) is 1.01. The Morgan fingerprint density at radius 2 is 1.05 bits per heavy atom. The van der Waals surface area contributed by atoms with Crippen LogP contribution in [-0.2, 0) is 12.8 Å². The van der Waals surface area contributed by atoms with Crippen molar-refractivity contribution in [3.63, 3.8) is 0 Å². The smallest absolute Gasteiger partial charge is 0.123 e. The average Bonchev–Trinajstić information content (AvgIpc) is 2.97. The minimum atomic E-state index is 0.230. The van der Waals surface area contributed by atoms with E-state index < -0.39 is 0 Å². The Hall–Kier alpha value is -4.44. The maximum absolute atomic E-state index is 10.0. The van der Waals surface area contributed by atoms with E-state index in [-0.39, 0.29) is 23.0 Å². The molecule has 0 unspecified atom stereocenters. The van der Waals surface area contributed by atoms with Gasteiger partial charge in [0, 0.05) is 11.1 Å². The van der Waals surface area contributed by atoms with Crippen molar-refractivity contribution >= 4 is 0 Å². The van der Waals surface area contributed by atoms with Gasteiger partial charge in [0.1, 0.15) is 23.0 Å². The molecule has 4 rings (SSSR count). The molecular weight excluding hydrogens is 496 g/mol. The van der Waals surface area contributed by atoms with Crippen LogP contribution in [0.25, 0.3) is 22.3 Å². The summed E-state index contributed by atoms with van der Waals surface area (Å²) in [6, 6.07) is 21.6. The van der Waals surface area contributed by atoms with Gasteiger partial charge in [-0.05, 0) is 103 Å². The molecule has 0 atom stereocenters. The topological polar surface area (TPSA) is 80.9 Å². The fourth-order valence-corrected chi connectivity index (χ4v) is 3.88. The summed E-state index contributed by atoms with van der Waals surface area (Å²) in [7, 11) is 0. The minimum absolute atomic E-state index is 0.230. The predicted octanol–water partition coefficient (Wildman–Crippen LogP) is 9.66. The van der Waals surface area contributed by atoms with Crippen molar-refractivity contribution in [2.45, 2.75) is 54.4 Å². The normalized spacial score (nSPS) is 9.55. The lowest BCUT2D eigenvalue weighted by molar-refractivity contribution is 0.469. The molecule has 0 saturated heterocycles. The maximum Gasteiger partial charge on any atom is 0.123 e. The highest BCUT2D eigenvalue weighted by atomic mass is 16.3. The molecule has 4 aromatic carbocycles. The Balaban J connectivity index is 0.000000362. The Bertz CT molecular complexity index is 1390. The van der Waals surface area contributed by atoms with E-state index in [0.717, 1.165) is 50.9 Å². The molecule has 212 valence electrons. The summed E-state index contributed by atoms with van der Waals surface area (Å²) >= 11 is 0. The van der Waals surface area contributed by atoms with Gasteiger partial charge in [0.2, 0.25) is 0 Å². The van der Waals surface area contributed by atoms with E-state index in [4.69, 9.17) is 0 Å². The highest BCUT2D eigenvalue weighted by Gasteiger charge is 2.09. The van der Waals surface area contributed by atoms with Gasteiger partial charge in [0.25, 0.3) is 0 Å². The Morgan fingerprint density at radius 3 is 1.62 bits per heavy atom. The van der Waals surface area contributed by atoms with Crippen LogP contribution in [0.2, 0.25) is 0 Å². The van der Waals surface area contributed by atoms with Crippen molar-refractivity contribution in [2.24, 2.45) is 0 Å². The zero-order valence-electron chi connectivity index (χ0n) is 24.7. The van der Waals surface area contributed by atoms with E-state index in [1.165, 1.54) is 0 Å². The second-order valence-electron chi connectivity index (χ2n) is 8.70. The number of hydrogen-bond acceptors (Lipinski definition) is 4. The standard InChI is InChI=1S/C18H18O2.C14H14O2.2C2H6/c1-3-5-13-7-9-18(20)16(11-13)14-8-10-17(19)15(12-14)6-4-2;1-9-3-5-14(16)12(7-9)11-4-6-13(15)10(2)8-11;2*1-2/h3-4,7-12,19-20H,1-2,5-6H2;3-8,15-16H,1-2H3;2*1-2H3. The molecule has 0 aliphatic heterocycles. The van der Waals surface area contributed by atoms with Gasteiger partial charge in [0.05, 0.1) is 0 Å². The fourth-order valence-electron chi connectivity index (χ4n) is 3.88. The molecule has 0 bridgehead atoms. The molecule has 4 nitrogen and oxygen atoms in total. The molecule has 4 N–H and O–H groups in total. The minimum Gasteiger partial charge on any atom is -0.508 e. The highest BCUT2D eigenvalue weighted by Crippen LogP contribution is 2.34. The van der Waals surface area contributed by atoms with Crippen LogP contribution in [0.1, 0.15) is 49.9 Å². The van der Waals surface area contributed by atoms with Crippen molar-refractivity contribution < 1.29 is 20.4 Å². The van der Waals surface area contributed by atoms with Crippen LogP contribution in [-0.4, -0.2) is 20.4 Å². The lowest BCUT2D eigenvalue weighted by Gasteiger charge is -2.10. The van der Waals surface area contributed by atoms with Crippen LogP contribution in [0.3, 0.4) is 0 Å².